The van der Waals surface area contributed by atoms with Crippen molar-refractivity contribution in [3.8, 4) is 0 Å². The topological polar surface area (TPSA) is 68.0 Å². The molecule has 0 bridgehead atoms. The number of nitrogens with zero attached hydrogens (tertiary/aromatic N) is 5. The Morgan fingerprint density at radius 3 is 2.91 bits per heavy atom. The highest BCUT2D eigenvalue weighted by Gasteiger charge is 2.09. The molecule has 2 aromatic heterocycles. The van der Waals surface area contributed by atoms with E-state index in [0.717, 1.165) is 19.4 Å². The third kappa shape index (κ3) is 4.91. The quantitative estimate of drug-likeness (QED) is 0.808. The summed E-state index contributed by atoms with van der Waals surface area (Å²) in [7, 11) is 1.82. The summed E-state index contributed by atoms with van der Waals surface area (Å²) < 4.78 is 3.92. The standard InChI is InChI=1S/C15H24N6O/c1-14(20-12-8-16-13-20)5-7-17-15(22)19(2)9-4-11-21-10-3-6-18-21/h3,6,8,10,12-14H,4-5,7,9,11H2,1-2H3,(H,17,22). The minimum Gasteiger partial charge on any atom is -0.338 e. The van der Waals surface area contributed by atoms with Gasteiger partial charge < -0.3 is 14.8 Å². The first-order valence-corrected chi connectivity index (χ1v) is 7.60. The van der Waals surface area contributed by atoms with Crippen molar-refractivity contribution >= 4 is 6.03 Å². The Morgan fingerprint density at radius 2 is 2.23 bits per heavy atom. The highest BCUT2D eigenvalue weighted by atomic mass is 16.2. The summed E-state index contributed by atoms with van der Waals surface area (Å²) in [5, 5.41) is 7.09. The van der Waals surface area contributed by atoms with Gasteiger partial charge in [-0.3, -0.25) is 4.68 Å². The van der Waals surface area contributed by atoms with Crippen LogP contribution in [-0.2, 0) is 6.54 Å². The van der Waals surface area contributed by atoms with E-state index in [1.54, 1.807) is 23.6 Å². The number of amides is 2. The minimum atomic E-state index is -0.0294. The van der Waals surface area contributed by atoms with Gasteiger partial charge in [0.2, 0.25) is 0 Å². The monoisotopic (exact) mass is 304 g/mol. The van der Waals surface area contributed by atoms with Crippen LogP contribution in [0.4, 0.5) is 4.79 Å². The highest BCUT2D eigenvalue weighted by Crippen LogP contribution is 2.08. The van der Waals surface area contributed by atoms with Crippen LogP contribution in [0.5, 0.6) is 0 Å². The average molecular weight is 304 g/mol. The number of urea groups is 1. The zero-order valence-corrected chi connectivity index (χ0v) is 13.2. The van der Waals surface area contributed by atoms with E-state index in [4.69, 9.17) is 0 Å². The lowest BCUT2D eigenvalue weighted by Crippen LogP contribution is -2.38. The number of imidazole rings is 1. The van der Waals surface area contributed by atoms with Gasteiger partial charge in [0.15, 0.2) is 0 Å². The Hall–Kier alpha value is -2.31. The van der Waals surface area contributed by atoms with Crippen molar-refractivity contribution in [3.63, 3.8) is 0 Å². The van der Waals surface area contributed by atoms with Crippen LogP contribution in [0.15, 0.2) is 37.2 Å². The normalized spacial score (nSPS) is 12.1. The second-order valence-electron chi connectivity index (χ2n) is 5.42. The van der Waals surface area contributed by atoms with Gasteiger partial charge >= 0.3 is 6.03 Å². The molecule has 0 aromatic carbocycles. The van der Waals surface area contributed by atoms with Crippen LogP contribution >= 0.6 is 0 Å². The lowest BCUT2D eigenvalue weighted by atomic mass is 10.2. The fourth-order valence-electron chi connectivity index (χ4n) is 2.21. The molecule has 120 valence electrons. The van der Waals surface area contributed by atoms with Crippen molar-refractivity contribution < 1.29 is 4.79 Å². The second-order valence-corrected chi connectivity index (χ2v) is 5.42. The summed E-state index contributed by atoms with van der Waals surface area (Å²) in [5.41, 5.74) is 0. The molecule has 22 heavy (non-hydrogen) atoms. The molecule has 0 saturated carbocycles. The van der Waals surface area contributed by atoms with Crippen LogP contribution in [0.2, 0.25) is 0 Å². The molecule has 2 amide bonds. The largest absolute Gasteiger partial charge is 0.338 e. The molecule has 1 unspecified atom stereocenters. The van der Waals surface area contributed by atoms with Crippen molar-refractivity contribution in [1.82, 2.24) is 29.5 Å². The maximum absolute atomic E-state index is 12.0. The Morgan fingerprint density at radius 1 is 1.36 bits per heavy atom. The van der Waals surface area contributed by atoms with E-state index in [1.807, 2.05) is 34.8 Å². The van der Waals surface area contributed by atoms with E-state index < -0.39 is 0 Å². The van der Waals surface area contributed by atoms with E-state index in [0.29, 0.717) is 19.1 Å². The molecule has 0 aliphatic heterocycles. The average Bonchev–Trinajstić information content (AvgIpc) is 3.20. The van der Waals surface area contributed by atoms with E-state index in [9.17, 15) is 4.79 Å². The summed E-state index contributed by atoms with van der Waals surface area (Å²) >= 11 is 0. The SMILES string of the molecule is CC(CCNC(=O)N(C)CCCn1cccn1)n1ccnc1. The number of aromatic nitrogens is 4. The lowest BCUT2D eigenvalue weighted by Gasteiger charge is -2.19. The van der Waals surface area contributed by atoms with Crippen molar-refractivity contribution in [2.24, 2.45) is 0 Å². The fourth-order valence-corrected chi connectivity index (χ4v) is 2.21. The van der Waals surface area contributed by atoms with E-state index >= 15 is 0 Å². The van der Waals surface area contributed by atoms with Gasteiger partial charge in [-0.2, -0.15) is 5.10 Å². The van der Waals surface area contributed by atoms with Gasteiger partial charge in [-0.25, -0.2) is 9.78 Å². The first-order valence-electron chi connectivity index (χ1n) is 7.60. The van der Waals surface area contributed by atoms with Crippen molar-refractivity contribution in [1.29, 1.82) is 0 Å². The third-order valence-electron chi connectivity index (χ3n) is 3.66. The van der Waals surface area contributed by atoms with Crippen LogP contribution in [-0.4, -0.2) is 50.4 Å². The summed E-state index contributed by atoms with van der Waals surface area (Å²) in [4.78, 5) is 17.7. The van der Waals surface area contributed by atoms with Crippen LogP contribution in [0.25, 0.3) is 0 Å². The molecule has 0 saturated heterocycles. The third-order valence-corrected chi connectivity index (χ3v) is 3.66. The predicted molar refractivity (Wildman–Crippen MR) is 84.4 cm³/mol. The summed E-state index contributed by atoms with van der Waals surface area (Å²) in [5.74, 6) is 0. The van der Waals surface area contributed by atoms with Gasteiger partial charge in [0.1, 0.15) is 0 Å². The van der Waals surface area contributed by atoms with Gasteiger partial charge in [0.25, 0.3) is 0 Å². The molecule has 1 atom stereocenters. The second kappa shape index (κ2) is 8.21. The molecular formula is C15H24N6O. The van der Waals surface area contributed by atoms with E-state index in [-0.39, 0.29) is 6.03 Å². The van der Waals surface area contributed by atoms with Crippen molar-refractivity contribution in [2.75, 3.05) is 20.1 Å². The number of hydrogen-bond acceptors (Lipinski definition) is 3. The first-order chi connectivity index (χ1) is 10.7. The molecule has 2 heterocycles. The number of rotatable bonds is 8. The highest BCUT2D eigenvalue weighted by molar-refractivity contribution is 5.73. The fraction of sp³-hybridized carbons (Fsp3) is 0.533. The zero-order chi connectivity index (χ0) is 15.8. The van der Waals surface area contributed by atoms with Crippen LogP contribution in [0.1, 0.15) is 25.8 Å². The maximum atomic E-state index is 12.0. The Bertz CT molecular complexity index is 536. The molecule has 2 rings (SSSR count). The number of aryl methyl sites for hydroxylation is 1. The van der Waals surface area contributed by atoms with Crippen LogP contribution < -0.4 is 5.32 Å². The molecule has 0 spiro atoms. The van der Waals surface area contributed by atoms with Gasteiger partial charge in [-0.1, -0.05) is 0 Å². The molecule has 0 aliphatic carbocycles. The number of nitrogens with one attached hydrogen (secondary N) is 1. The van der Waals surface area contributed by atoms with Crippen molar-refractivity contribution in [3.05, 3.63) is 37.2 Å². The van der Waals surface area contributed by atoms with Crippen molar-refractivity contribution in [2.45, 2.75) is 32.4 Å². The summed E-state index contributed by atoms with van der Waals surface area (Å²) in [6.07, 6.45) is 11.0. The maximum Gasteiger partial charge on any atom is 0.317 e. The van der Waals surface area contributed by atoms with Gasteiger partial charge in [0.05, 0.1) is 6.33 Å². The summed E-state index contributed by atoms with van der Waals surface area (Å²) in [6.45, 7) is 4.30. The molecule has 0 aliphatic rings. The molecule has 7 nitrogen and oxygen atoms in total. The number of carbonyl (C=O) groups excluding carboxylic acids is 1. The molecule has 0 radical (unpaired) electrons. The number of carbonyl (C=O) groups is 1. The smallest absolute Gasteiger partial charge is 0.317 e. The zero-order valence-electron chi connectivity index (χ0n) is 13.2. The number of hydrogen-bond donors (Lipinski definition) is 1. The minimum absolute atomic E-state index is 0.0294. The van der Waals surface area contributed by atoms with Gasteiger partial charge in [-0.05, 0) is 25.8 Å². The molecule has 1 N–H and O–H groups in total. The van der Waals surface area contributed by atoms with Crippen LogP contribution in [0.3, 0.4) is 0 Å². The Balaban J connectivity index is 1.59. The van der Waals surface area contributed by atoms with Gasteiger partial charge in [-0.15, -0.1) is 0 Å². The molecular weight excluding hydrogens is 280 g/mol. The molecule has 7 heteroatoms. The Labute approximate surface area is 130 Å². The Kier molecular flexibility index (Phi) is 6.00. The molecule has 0 fully saturated rings. The van der Waals surface area contributed by atoms with E-state index in [1.165, 1.54) is 0 Å². The molecule has 2 aromatic rings. The van der Waals surface area contributed by atoms with Crippen LogP contribution in [0, 0.1) is 0 Å². The predicted octanol–water partition coefficient (Wildman–Crippen LogP) is 1.76. The van der Waals surface area contributed by atoms with E-state index in [2.05, 4.69) is 22.3 Å². The first kappa shape index (κ1) is 16.1. The lowest BCUT2D eigenvalue weighted by molar-refractivity contribution is 0.206. The summed E-state index contributed by atoms with van der Waals surface area (Å²) in [6, 6.07) is 2.20. The van der Waals surface area contributed by atoms with Gasteiger partial charge in [0, 0.05) is 57.5 Å².